The van der Waals surface area contributed by atoms with Crippen molar-refractivity contribution in [2.45, 2.75) is 39.0 Å². The summed E-state index contributed by atoms with van der Waals surface area (Å²) in [6.07, 6.45) is 4.03. The van der Waals surface area contributed by atoms with Crippen LogP contribution >= 0.6 is 11.3 Å². The molecule has 3 rings (SSSR count). The summed E-state index contributed by atoms with van der Waals surface area (Å²) in [5.41, 5.74) is 2.20. The van der Waals surface area contributed by atoms with Gasteiger partial charge in [0.25, 0.3) is 0 Å². The Balaban J connectivity index is 1.70. The van der Waals surface area contributed by atoms with Crippen LogP contribution in [0.1, 0.15) is 35.4 Å². The Morgan fingerprint density at radius 3 is 2.92 bits per heavy atom. The van der Waals surface area contributed by atoms with Gasteiger partial charge >= 0.3 is 6.03 Å². The second-order valence-electron chi connectivity index (χ2n) is 6.21. The maximum atomic E-state index is 12.1. The first-order valence-electron chi connectivity index (χ1n) is 7.61. The van der Waals surface area contributed by atoms with E-state index in [1.807, 2.05) is 26.0 Å². The SMILES string of the molecule is CC1(C)Cc2c(sc(NC(=O)NCc3ccncc3)c2C#N)CO1. The molecule has 7 heteroatoms. The van der Waals surface area contributed by atoms with Gasteiger partial charge < -0.3 is 10.1 Å². The van der Waals surface area contributed by atoms with E-state index in [-0.39, 0.29) is 11.6 Å². The van der Waals surface area contributed by atoms with Crippen molar-refractivity contribution in [3.63, 3.8) is 0 Å². The van der Waals surface area contributed by atoms with Crippen LogP contribution in [0.5, 0.6) is 0 Å². The van der Waals surface area contributed by atoms with E-state index in [0.29, 0.717) is 30.1 Å². The number of thiophene rings is 1. The minimum Gasteiger partial charge on any atom is -0.370 e. The van der Waals surface area contributed by atoms with Crippen molar-refractivity contribution in [3.8, 4) is 6.07 Å². The quantitative estimate of drug-likeness (QED) is 0.897. The van der Waals surface area contributed by atoms with Crippen LogP contribution < -0.4 is 10.6 Å². The molecule has 6 nitrogen and oxygen atoms in total. The fourth-order valence-electron chi connectivity index (χ4n) is 2.59. The molecule has 2 N–H and O–H groups in total. The minimum absolute atomic E-state index is 0.291. The number of pyridine rings is 1. The van der Waals surface area contributed by atoms with Gasteiger partial charge in [-0.1, -0.05) is 0 Å². The Bertz CT molecular complexity index is 793. The zero-order valence-electron chi connectivity index (χ0n) is 13.5. The largest absolute Gasteiger partial charge is 0.370 e. The molecule has 0 aliphatic carbocycles. The number of amides is 2. The lowest BCUT2D eigenvalue weighted by molar-refractivity contribution is -0.0383. The van der Waals surface area contributed by atoms with Gasteiger partial charge in [0.05, 0.1) is 17.8 Å². The Morgan fingerprint density at radius 1 is 1.46 bits per heavy atom. The van der Waals surface area contributed by atoms with Gasteiger partial charge in [-0.25, -0.2) is 4.79 Å². The van der Waals surface area contributed by atoms with E-state index in [2.05, 4.69) is 21.7 Å². The molecule has 0 aromatic carbocycles. The van der Waals surface area contributed by atoms with Gasteiger partial charge in [0.1, 0.15) is 11.1 Å². The summed E-state index contributed by atoms with van der Waals surface area (Å²) in [6.45, 7) is 4.88. The van der Waals surface area contributed by atoms with Gasteiger partial charge in [-0.2, -0.15) is 5.26 Å². The molecule has 0 unspecified atom stereocenters. The highest BCUT2D eigenvalue weighted by Crippen LogP contribution is 2.39. The van der Waals surface area contributed by atoms with Crippen LogP contribution in [0.2, 0.25) is 0 Å². The monoisotopic (exact) mass is 342 g/mol. The molecule has 2 amide bonds. The third-order valence-corrected chi connectivity index (χ3v) is 4.95. The number of hydrogen-bond acceptors (Lipinski definition) is 5. The summed E-state index contributed by atoms with van der Waals surface area (Å²) >= 11 is 1.41. The molecule has 0 saturated heterocycles. The van der Waals surface area contributed by atoms with Crippen LogP contribution in [0.4, 0.5) is 9.80 Å². The average Bonchev–Trinajstić information content (AvgIpc) is 2.89. The second kappa shape index (κ2) is 6.59. The van der Waals surface area contributed by atoms with Crippen molar-refractivity contribution >= 4 is 22.4 Å². The lowest BCUT2D eigenvalue weighted by Crippen LogP contribution is -2.31. The molecule has 0 bridgehead atoms. The molecule has 0 saturated carbocycles. The molecule has 0 spiro atoms. The van der Waals surface area contributed by atoms with E-state index in [1.54, 1.807) is 12.4 Å². The zero-order valence-corrected chi connectivity index (χ0v) is 14.4. The fourth-order valence-corrected chi connectivity index (χ4v) is 3.67. The molecular formula is C17H18N4O2S. The number of rotatable bonds is 3. The highest BCUT2D eigenvalue weighted by molar-refractivity contribution is 7.16. The van der Waals surface area contributed by atoms with E-state index in [1.165, 1.54) is 11.3 Å². The van der Waals surface area contributed by atoms with Gasteiger partial charge in [0, 0.05) is 30.2 Å². The van der Waals surface area contributed by atoms with Crippen LogP contribution in [-0.4, -0.2) is 16.6 Å². The number of ether oxygens (including phenoxy) is 1. The highest BCUT2D eigenvalue weighted by atomic mass is 32.1. The number of carbonyl (C=O) groups is 1. The van der Waals surface area contributed by atoms with E-state index in [0.717, 1.165) is 16.0 Å². The number of nitrogens with zero attached hydrogens (tertiary/aromatic N) is 2. The van der Waals surface area contributed by atoms with Gasteiger partial charge in [0.2, 0.25) is 0 Å². The summed E-state index contributed by atoms with van der Waals surface area (Å²) in [4.78, 5) is 17.1. The molecule has 1 aliphatic heterocycles. The van der Waals surface area contributed by atoms with E-state index >= 15 is 0 Å². The van der Waals surface area contributed by atoms with Gasteiger partial charge in [0.15, 0.2) is 0 Å². The van der Waals surface area contributed by atoms with Crippen LogP contribution in [-0.2, 0) is 24.3 Å². The number of urea groups is 1. The van der Waals surface area contributed by atoms with Gasteiger partial charge in [-0.05, 0) is 37.1 Å². The molecule has 0 radical (unpaired) electrons. The molecular weight excluding hydrogens is 324 g/mol. The van der Waals surface area contributed by atoms with Crippen LogP contribution in [0.3, 0.4) is 0 Å². The molecule has 2 aromatic heterocycles. The van der Waals surface area contributed by atoms with Crippen molar-refractivity contribution < 1.29 is 9.53 Å². The first kappa shape index (κ1) is 16.4. The minimum atomic E-state index is -0.331. The second-order valence-corrected chi connectivity index (χ2v) is 7.31. The topological polar surface area (TPSA) is 87.0 Å². The van der Waals surface area contributed by atoms with E-state index in [4.69, 9.17) is 4.74 Å². The Kier molecular flexibility index (Phi) is 4.51. The summed E-state index contributed by atoms with van der Waals surface area (Å²) in [5.74, 6) is 0. The first-order valence-corrected chi connectivity index (χ1v) is 8.42. The Morgan fingerprint density at radius 2 is 2.21 bits per heavy atom. The number of fused-ring (bicyclic) bond motifs is 1. The Labute approximate surface area is 144 Å². The number of anilines is 1. The van der Waals surface area contributed by atoms with Crippen molar-refractivity contribution in [1.29, 1.82) is 5.26 Å². The number of hydrogen-bond donors (Lipinski definition) is 2. The molecule has 0 atom stereocenters. The van der Waals surface area contributed by atoms with E-state index in [9.17, 15) is 10.1 Å². The predicted molar refractivity (Wildman–Crippen MR) is 91.7 cm³/mol. The maximum absolute atomic E-state index is 12.1. The van der Waals surface area contributed by atoms with Crippen molar-refractivity contribution in [3.05, 3.63) is 46.1 Å². The van der Waals surface area contributed by atoms with Crippen LogP contribution in [0.25, 0.3) is 0 Å². The van der Waals surface area contributed by atoms with Crippen LogP contribution in [0, 0.1) is 11.3 Å². The summed E-state index contributed by atoms with van der Waals surface area (Å²) in [7, 11) is 0. The maximum Gasteiger partial charge on any atom is 0.320 e. The van der Waals surface area contributed by atoms with Gasteiger partial charge in [-0.15, -0.1) is 11.3 Å². The third-order valence-electron chi connectivity index (χ3n) is 3.83. The normalized spacial score (nSPS) is 15.2. The molecule has 1 aliphatic rings. The van der Waals surface area contributed by atoms with Crippen molar-refractivity contribution in [1.82, 2.24) is 10.3 Å². The molecule has 124 valence electrons. The number of nitriles is 1. The molecule has 24 heavy (non-hydrogen) atoms. The third kappa shape index (κ3) is 3.55. The number of aromatic nitrogens is 1. The molecule has 2 aromatic rings. The molecule has 3 heterocycles. The number of carbonyl (C=O) groups excluding carboxylic acids is 1. The summed E-state index contributed by atoms with van der Waals surface area (Å²) in [6, 6.07) is 5.57. The lowest BCUT2D eigenvalue weighted by atomic mass is 9.93. The standard InChI is InChI=1S/C17H18N4O2S/c1-17(2)7-12-13(8-18)15(24-14(12)10-23-17)21-16(22)20-9-11-3-5-19-6-4-11/h3-6H,7,9-10H2,1-2H3,(H2,20,21,22). The summed E-state index contributed by atoms with van der Waals surface area (Å²) < 4.78 is 5.78. The van der Waals surface area contributed by atoms with Crippen molar-refractivity contribution in [2.24, 2.45) is 0 Å². The fraction of sp³-hybridized carbons (Fsp3) is 0.353. The predicted octanol–water partition coefficient (Wildman–Crippen LogP) is 3.19. The molecule has 0 fully saturated rings. The number of nitrogens with one attached hydrogen (secondary N) is 2. The van der Waals surface area contributed by atoms with Gasteiger partial charge in [-0.3, -0.25) is 10.3 Å². The van der Waals surface area contributed by atoms with Crippen molar-refractivity contribution in [2.75, 3.05) is 5.32 Å². The lowest BCUT2D eigenvalue weighted by Gasteiger charge is -2.29. The van der Waals surface area contributed by atoms with Crippen LogP contribution in [0.15, 0.2) is 24.5 Å². The highest BCUT2D eigenvalue weighted by Gasteiger charge is 2.31. The first-order chi connectivity index (χ1) is 11.5. The average molecular weight is 342 g/mol. The summed E-state index contributed by atoms with van der Waals surface area (Å²) in [5, 5.41) is 15.6. The van der Waals surface area contributed by atoms with E-state index < -0.39 is 0 Å². The Hall–Kier alpha value is -2.43. The smallest absolute Gasteiger partial charge is 0.320 e. The zero-order chi connectivity index (χ0) is 17.2.